The van der Waals surface area contributed by atoms with Crippen LogP contribution in [0.4, 0.5) is 0 Å². The van der Waals surface area contributed by atoms with Gasteiger partial charge in [-0.3, -0.25) is 0 Å². The summed E-state index contributed by atoms with van der Waals surface area (Å²) in [5, 5.41) is 42.2. The van der Waals surface area contributed by atoms with Gasteiger partial charge in [-0.25, -0.2) is 4.79 Å². The van der Waals surface area contributed by atoms with Crippen LogP contribution in [-0.4, -0.2) is 94.2 Å². The van der Waals surface area contributed by atoms with E-state index in [1.807, 2.05) is 0 Å². The molecule has 0 fully saturated rings. The Balaban J connectivity index is 0. The fourth-order valence-corrected chi connectivity index (χ4v) is 0.465. The van der Waals surface area contributed by atoms with Gasteiger partial charge in [0.2, 0.25) is 0 Å². The molecule has 6 nitrogen and oxygen atoms in total. The van der Waals surface area contributed by atoms with Gasteiger partial charge >= 0.3 is 5.97 Å². The van der Waals surface area contributed by atoms with Crippen LogP contribution in [0.3, 0.4) is 0 Å². The fourth-order valence-electron chi connectivity index (χ4n) is 0.465. The van der Waals surface area contributed by atoms with Crippen LogP contribution in [0, 0.1) is 0 Å². The van der Waals surface area contributed by atoms with Gasteiger partial charge in [0, 0.05) is 37.7 Å². The molecule has 0 rings (SSSR count). The average Bonchev–Trinajstić information content (AvgIpc) is 2.00. The van der Waals surface area contributed by atoms with Gasteiger partial charge in [0.25, 0.3) is 0 Å². The van der Waals surface area contributed by atoms with Crippen LogP contribution in [0.2, 0.25) is 0 Å². The maximum Gasteiger partial charge on any atom is 0.335 e. The van der Waals surface area contributed by atoms with Crippen molar-refractivity contribution >= 4 is 43.7 Å². The summed E-state index contributed by atoms with van der Waals surface area (Å²) >= 11 is 0. The van der Waals surface area contributed by atoms with E-state index in [9.17, 15) is 4.79 Å². The zero-order valence-corrected chi connectivity index (χ0v) is 8.50. The van der Waals surface area contributed by atoms with Gasteiger partial charge in [0.1, 0.15) is 12.2 Å². The summed E-state index contributed by atoms with van der Waals surface area (Å²) in [6.45, 7) is -0.800. The number of carboxylic acid groups (broad SMARTS) is 1. The third-order valence-electron chi connectivity index (χ3n) is 1.16. The van der Waals surface area contributed by atoms with Crippen LogP contribution >= 0.6 is 0 Å². The van der Waals surface area contributed by atoms with E-state index in [1.54, 1.807) is 0 Å². The zero-order chi connectivity index (χ0) is 9.02. The van der Waals surface area contributed by atoms with E-state index in [2.05, 4.69) is 0 Å². The summed E-state index contributed by atoms with van der Waals surface area (Å²) in [6.07, 6.45) is -5.57. The third-order valence-corrected chi connectivity index (χ3v) is 1.16. The van der Waals surface area contributed by atoms with E-state index < -0.39 is 30.9 Å². The Morgan fingerprint density at radius 1 is 1.25 bits per heavy atom. The van der Waals surface area contributed by atoms with Crippen LogP contribution in [0.25, 0.3) is 0 Å². The molecule has 0 aromatic carbocycles. The van der Waals surface area contributed by atoms with E-state index >= 15 is 0 Å². The number of aliphatic hydroxyl groups excluding tert-OH is 4. The topological polar surface area (TPSA) is 118 Å². The quantitative estimate of drug-likeness (QED) is 0.309. The van der Waals surface area contributed by atoms with Gasteiger partial charge in [0.05, 0.1) is 6.61 Å². The van der Waals surface area contributed by atoms with Crippen molar-refractivity contribution in [2.75, 3.05) is 6.61 Å². The Hall–Kier alpha value is 0.570. The van der Waals surface area contributed by atoms with Crippen molar-refractivity contribution in [3.8, 4) is 0 Å². The van der Waals surface area contributed by atoms with Crippen LogP contribution in [0.1, 0.15) is 0 Å². The second-order valence-electron chi connectivity index (χ2n) is 2.02. The number of aliphatic carboxylic acids is 1. The first kappa shape index (κ1) is 15.1. The molecule has 0 spiro atoms. The number of rotatable bonds is 4. The summed E-state index contributed by atoms with van der Waals surface area (Å²) in [5.41, 5.74) is 0. The molecule has 2 radical (unpaired) electrons. The number of hydrogen-bond donors (Lipinski definition) is 5. The van der Waals surface area contributed by atoms with Crippen molar-refractivity contribution < 1.29 is 30.3 Å². The van der Waals surface area contributed by atoms with Gasteiger partial charge < -0.3 is 25.5 Å². The standard InChI is InChI=1S/C5H10O6.Ca/c6-1-2(7)3(8)4(9)5(10)11;/h2-4,6-9H,1H2,(H,10,11);/t2-,3-,4+;/m0./s1. The zero-order valence-electron chi connectivity index (χ0n) is 6.29. The molecule has 0 saturated heterocycles. The van der Waals surface area contributed by atoms with E-state index in [4.69, 9.17) is 25.5 Å². The molecular weight excluding hydrogens is 196 g/mol. The molecule has 0 aromatic heterocycles. The fraction of sp³-hybridized carbons (Fsp3) is 0.800. The molecule has 0 aromatic rings. The molecule has 5 N–H and O–H groups in total. The predicted molar refractivity (Wildman–Crippen MR) is 38.5 cm³/mol. The Labute approximate surface area is 98.4 Å². The number of carbonyl (C=O) groups is 1. The second kappa shape index (κ2) is 7.02. The SMILES string of the molecule is O=C(O)[C@H](O)[C@@H](O)[C@@H](O)CO.[Ca]. The number of carboxylic acids is 1. The van der Waals surface area contributed by atoms with Gasteiger partial charge in [-0.15, -0.1) is 0 Å². The molecule has 0 amide bonds. The van der Waals surface area contributed by atoms with Crippen LogP contribution in [0.5, 0.6) is 0 Å². The van der Waals surface area contributed by atoms with E-state index in [0.29, 0.717) is 0 Å². The summed E-state index contributed by atoms with van der Waals surface area (Å²) in [4.78, 5) is 9.96. The first-order valence-corrected chi connectivity index (χ1v) is 2.88. The number of hydrogen-bond acceptors (Lipinski definition) is 5. The van der Waals surface area contributed by atoms with Gasteiger partial charge in [-0.2, -0.15) is 0 Å². The number of aliphatic hydroxyl groups is 4. The first-order valence-electron chi connectivity index (χ1n) is 2.88. The van der Waals surface area contributed by atoms with Gasteiger partial charge in [-0.05, 0) is 0 Å². The monoisotopic (exact) mass is 206 g/mol. The molecule has 0 aliphatic carbocycles. The van der Waals surface area contributed by atoms with Crippen molar-refractivity contribution in [2.45, 2.75) is 18.3 Å². The summed E-state index contributed by atoms with van der Waals surface area (Å²) in [6, 6.07) is 0. The molecule has 0 aliphatic rings. The molecule has 68 valence electrons. The van der Waals surface area contributed by atoms with Gasteiger partial charge in [-0.1, -0.05) is 0 Å². The molecule has 0 aliphatic heterocycles. The Morgan fingerprint density at radius 3 is 1.92 bits per heavy atom. The minimum Gasteiger partial charge on any atom is -0.479 e. The smallest absolute Gasteiger partial charge is 0.335 e. The molecule has 7 heteroatoms. The van der Waals surface area contributed by atoms with Crippen LogP contribution in [-0.2, 0) is 4.79 Å². The molecule has 0 unspecified atom stereocenters. The minimum absolute atomic E-state index is 0. The second-order valence-corrected chi connectivity index (χ2v) is 2.02. The van der Waals surface area contributed by atoms with E-state index in [-0.39, 0.29) is 37.7 Å². The average molecular weight is 206 g/mol. The molecular formula is C5H10CaO6. The normalized spacial score (nSPS) is 17.3. The molecule has 3 atom stereocenters. The molecule has 0 bridgehead atoms. The summed E-state index contributed by atoms with van der Waals surface area (Å²) in [5.74, 6) is -1.65. The maximum atomic E-state index is 9.96. The first-order chi connectivity index (χ1) is 5.00. The van der Waals surface area contributed by atoms with Crippen molar-refractivity contribution in [1.29, 1.82) is 0 Å². The summed E-state index contributed by atoms with van der Waals surface area (Å²) in [7, 11) is 0. The van der Waals surface area contributed by atoms with Crippen LogP contribution < -0.4 is 0 Å². The molecule has 12 heavy (non-hydrogen) atoms. The van der Waals surface area contributed by atoms with Crippen molar-refractivity contribution in [3.63, 3.8) is 0 Å². The largest absolute Gasteiger partial charge is 0.479 e. The third kappa shape index (κ3) is 4.56. The Kier molecular flexibility index (Phi) is 8.81. The van der Waals surface area contributed by atoms with Crippen molar-refractivity contribution in [1.82, 2.24) is 0 Å². The minimum atomic E-state index is -2.07. The predicted octanol–water partition coefficient (Wildman–Crippen LogP) is -3.23. The Bertz CT molecular complexity index is 140. The maximum absolute atomic E-state index is 9.96. The van der Waals surface area contributed by atoms with Gasteiger partial charge in [0.15, 0.2) is 6.10 Å². The van der Waals surface area contributed by atoms with E-state index in [0.717, 1.165) is 0 Å². The summed E-state index contributed by atoms with van der Waals surface area (Å²) < 4.78 is 0. The molecule has 0 saturated carbocycles. The van der Waals surface area contributed by atoms with Crippen molar-refractivity contribution in [3.05, 3.63) is 0 Å². The van der Waals surface area contributed by atoms with Crippen molar-refractivity contribution in [2.24, 2.45) is 0 Å². The Morgan fingerprint density at radius 2 is 1.67 bits per heavy atom. The molecule has 0 heterocycles. The van der Waals surface area contributed by atoms with Crippen LogP contribution in [0.15, 0.2) is 0 Å². The van der Waals surface area contributed by atoms with E-state index in [1.165, 1.54) is 0 Å².